The first-order valence-corrected chi connectivity index (χ1v) is 8.46. The lowest BCUT2D eigenvalue weighted by Gasteiger charge is -2.28. The van der Waals surface area contributed by atoms with Crippen molar-refractivity contribution in [1.82, 2.24) is 5.32 Å². The fraction of sp³-hybridized carbons (Fsp3) is 0.375. The molecule has 100 valence electrons. The summed E-state index contributed by atoms with van der Waals surface area (Å²) < 4.78 is 1.20. The summed E-state index contributed by atoms with van der Waals surface area (Å²) >= 11 is 5.40. The zero-order chi connectivity index (χ0) is 13.2. The van der Waals surface area contributed by atoms with Gasteiger partial charge in [0.1, 0.15) is 0 Å². The Morgan fingerprint density at radius 1 is 1.32 bits per heavy atom. The van der Waals surface area contributed by atoms with E-state index in [2.05, 4.69) is 63.9 Å². The molecule has 0 radical (unpaired) electrons. The van der Waals surface area contributed by atoms with E-state index in [1.54, 1.807) is 0 Å². The van der Waals surface area contributed by atoms with Gasteiger partial charge in [-0.3, -0.25) is 0 Å². The van der Waals surface area contributed by atoms with Crippen molar-refractivity contribution in [3.8, 4) is 0 Å². The van der Waals surface area contributed by atoms with Gasteiger partial charge in [0.25, 0.3) is 0 Å². The molecule has 1 nitrogen and oxygen atoms in total. The molecular formula is C16H18BrNS. The van der Waals surface area contributed by atoms with Gasteiger partial charge in [-0.1, -0.05) is 28.1 Å². The summed E-state index contributed by atoms with van der Waals surface area (Å²) in [5, 5.41) is 5.93. The van der Waals surface area contributed by atoms with Crippen molar-refractivity contribution in [2.24, 2.45) is 0 Å². The first kappa shape index (κ1) is 13.3. The van der Waals surface area contributed by atoms with Crippen LogP contribution in [0.25, 0.3) is 0 Å². The van der Waals surface area contributed by atoms with Crippen molar-refractivity contribution in [3.63, 3.8) is 0 Å². The molecule has 0 amide bonds. The summed E-state index contributed by atoms with van der Waals surface area (Å²) in [6.45, 7) is 2.27. The second-order valence-corrected chi connectivity index (χ2v) is 7.15. The molecular weight excluding hydrogens is 318 g/mol. The van der Waals surface area contributed by atoms with E-state index >= 15 is 0 Å². The highest BCUT2D eigenvalue weighted by atomic mass is 79.9. The summed E-state index contributed by atoms with van der Waals surface area (Å²) in [5.41, 5.74) is 3.02. The molecule has 0 spiro atoms. The third kappa shape index (κ3) is 3.10. The van der Waals surface area contributed by atoms with Crippen molar-refractivity contribution >= 4 is 27.3 Å². The Kier molecular flexibility index (Phi) is 4.06. The molecule has 0 aliphatic heterocycles. The molecule has 0 bridgehead atoms. The van der Waals surface area contributed by atoms with Crippen molar-refractivity contribution < 1.29 is 0 Å². The summed E-state index contributed by atoms with van der Waals surface area (Å²) in [4.78, 5) is 1.43. The fourth-order valence-corrected chi connectivity index (χ4v) is 3.99. The van der Waals surface area contributed by atoms with E-state index in [4.69, 9.17) is 0 Å². The van der Waals surface area contributed by atoms with E-state index in [1.165, 1.54) is 33.3 Å². The number of hydrogen-bond donors (Lipinski definition) is 1. The number of nitrogens with one attached hydrogen (secondary N) is 1. The van der Waals surface area contributed by atoms with E-state index in [1.807, 2.05) is 11.3 Å². The van der Waals surface area contributed by atoms with Gasteiger partial charge in [-0.25, -0.2) is 0 Å². The lowest BCUT2D eigenvalue weighted by molar-refractivity contribution is 0.416. The lowest BCUT2D eigenvalue weighted by atomic mass is 9.88. The highest BCUT2D eigenvalue weighted by Gasteiger charge is 2.20. The molecule has 0 saturated heterocycles. The monoisotopic (exact) mass is 335 g/mol. The predicted octanol–water partition coefficient (Wildman–Crippen LogP) is 4.72. The largest absolute Gasteiger partial charge is 0.306 e. The minimum atomic E-state index is 0.460. The van der Waals surface area contributed by atoms with Gasteiger partial charge >= 0.3 is 0 Å². The maximum atomic E-state index is 3.78. The van der Waals surface area contributed by atoms with E-state index in [0.717, 1.165) is 6.42 Å². The third-order valence-corrected chi connectivity index (χ3v) is 5.40. The Balaban J connectivity index is 1.67. The zero-order valence-corrected chi connectivity index (χ0v) is 13.4. The second-order valence-electron chi connectivity index (χ2n) is 5.26. The van der Waals surface area contributed by atoms with Gasteiger partial charge in [-0.05, 0) is 60.9 Å². The van der Waals surface area contributed by atoms with Crippen LogP contribution in [0.15, 0.2) is 40.2 Å². The van der Waals surface area contributed by atoms with Gasteiger partial charge in [-0.2, -0.15) is 0 Å². The molecule has 3 heteroatoms. The predicted molar refractivity (Wildman–Crippen MR) is 85.8 cm³/mol. The van der Waals surface area contributed by atoms with Gasteiger partial charge in [0.05, 0.1) is 0 Å². The van der Waals surface area contributed by atoms with Crippen LogP contribution in [0.4, 0.5) is 0 Å². The Morgan fingerprint density at radius 2 is 2.21 bits per heavy atom. The van der Waals surface area contributed by atoms with Crippen LogP contribution in [0.1, 0.15) is 35.4 Å². The van der Waals surface area contributed by atoms with Crippen molar-refractivity contribution in [2.75, 3.05) is 0 Å². The summed E-state index contributed by atoms with van der Waals surface area (Å²) in [7, 11) is 0. The molecule has 1 heterocycles. The smallest absolute Gasteiger partial charge is 0.0388 e. The number of thiophene rings is 1. The molecule has 1 aromatic heterocycles. The van der Waals surface area contributed by atoms with Gasteiger partial charge in [0.15, 0.2) is 0 Å². The molecule has 1 N–H and O–H groups in total. The number of halogens is 1. The maximum Gasteiger partial charge on any atom is 0.0388 e. The molecule has 0 fully saturated rings. The fourth-order valence-electron chi connectivity index (χ4n) is 2.84. The highest BCUT2D eigenvalue weighted by Crippen LogP contribution is 2.27. The molecule has 0 saturated carbocycles. The van der Waals surface area contributed by atoms with Crippen LogP contribution in [-0.4, -0.2) is 6.04 Å². The van der Waals surface area contributed by atoms with Crippen LogP contribution < -0.4 is 5.32 Å². The van der Waals surface area contributed by atoms with Gasteiger partial charge in [-0.15, -0.1) is 11.3 Å². The number of hydrogen-bond acceptors (Lipinski definition) is 2. The highest BCUT2D eigenvalue weighted by molar-refractivity contribution is 9.10. The lowest BCUT2D eigenvalue weighted by Crippen LogP contribution is -2.36. The normalized spacial score (nSPS) is 20.0. The van der Waals surface area contributed by atoms with Crippen LogP contribution in [0.5, 0.6) is 0 Å². The average molecular weight is 336 g/mol. The van der Waals surface area contributed by atoms with Crippen LogP contribution in [-0.2, 0) is 12.8 Å². The summed E-state index contributed by atoms with van der Waals surface area (Å²) in [5.74, 6) is 0. The molecule has 1 aromatic carbocycles. The van der Waals surface area contributed by atoms with Gasteiger partial charge in [0.2, 0.25) is 0 Å². The average Bonchev–Trinajstić information content (AvgIpc) is 2.93. The number of aryl methyl sites for hydroxylation is 1. The first-order chi connectivity index (χ1) is 9.22. The van der Waals surface area contributed by atoms with E-state index in [0.29, 0.717) is 12.1 Å². The van der Waals surface area contributed by atoms with E-state index in [9.17, 15) is 0 Å². The molecule has 2 unspecified atom stereocenters. The van der Waals surface area contributed by atoms with E-state index in [-0.39, 0.29) is 0 Å². The molecule has 2 aromatic rings. The SMILES string of the molecule is CC(NC1CCc2cc(Br)ccc2C1)c1cccs1. The minimum Gasteiger partial charge on any atom is -0.306 e. The van der Waals surface area contributed by atoms with Crippen molar-refractivity contribution in [2.45, 2.75) is 38.3 Å². The van der Waals surface area contributed by atoms with Gasteiger partial charge < -0.3 is 5.32 Å². The number of fused-ring (bicyclic) bond motifs is 1. The quantitative estimate of drug-likeness (QED) is 0.855. The molecule has 1 aliphatic rings. The van der Waals surface area contributed by atoms with Crippen LogP contribution in [0.2, 0.25) is 0 Å². The number of rotatable bonds is 3. The topological polar surface area (TPSA) is 12.0 Å². The zero-order valence-electron chi connectivity index (χ0n) is 11.0. The summed E-state index contributed by atoms with van der Waals surface area (Å²) in [6, 6.07) is 12.1. The van der Waals surface area contributed by atoms with Crippen molar-refractivity contribution in [1.29, 1.82) is 0 Å². The molecule has 1 aliphatic carbocycles. The second kappa shape index (κ2) is 5.78. The Bertz CT molecular complexity index is 550. The van der Waals surface area contributed by atoms with Gasteiger partial charge in [0, 0.05) is 21.4 Å². The van der Waals surface area contributed by atoms with Crippen LogP contribution >= 0.6 is 27.3 Å². The Labute approximate surface area is 127 Å². The molecule has 3 rings (SSSR count). The van der Waals surface area contributed by atoms with Crippen LogP contribution in [0.3, 0.4) is 0 Å². The standard InChI is InChI=1S/C16H18BrNS/c1-11(16-3-2-8-19-16)18-15-7-5-12-9-14(17)6-4-13(12)10-15/h2-4,6,8-9,11,15,18H,5,7,10H2,1H3. The first-order valence-electron chi connectivity index (χ1n) is 6.79. The van der Waals surface area contributed by atoms with Crippen molar-refractivity contribution in [3.05, 3.63) is 56.2 Å². The molecule has 19 heavy (non-hydrogen) atoms. The third-order valence-electron chi connectivity index (χ3n) is 3.85. The maximum absolute atomic E-state index is 3.78. The minimum absolute atomic E-state index is 0.460. The van der Waals surface area contributed by atoms with E-state index < -0.39 is 0 Å². The Morgan fingerprint density at radius 3 is 3.00 bits per heavy atom. The molecule has 2 atom stereocenters. The number of benzene rings is 1. The van der Waals surface area contributed by atoms with Crippen LogP contribution in [0, 0.1) is 0 Å². The Hall–Kier alpha value is -0.640. The summed E-state index contributed by atoms with van der Waals surface area (Å²) in [6.07, 6.45) is 3.57.